The normalized spacial score (nSPS) is 21.8. The van der Waals surface area contributed by atoms with Gasteiger partial charge >= 0.3 is 5.76 Å². The minimum absolute atomic E-state index is 0.00924. The van der Waals surface area contributed by atoms with Crippen LogP contribution in [0.25, 0.3) is 0 Å². The number of aromatic nitrogens is 1. The fraction of sp³-hybridized carbons (Fsp3) is 0.429. The number of nitrogens with zero attached hydrogens (tertiary/aromatic N) is 3. The zero-order valence-corrected chi connectivity index (χ0v) is 18.2. The predicted molar refractivity (Wildman–Crippen MR) is 114 cm³/mol. The van der Waals surface area contributed by atoms with Gasteiger partial charge in [-0.1, -0.05) is 23.2 Å². The molecule has 0 amide bonds. The van der Waals surface area contributed by atoms with Crippen LogP contribution in [0.2, 0.25) is 0 Å². The van der Waals surface area contributed by atoms with Gasteiger partial charge in [0, 0.05) is 31.7 Å². The number of amidine groups is 1. The summed E-state index contributed by atoms with van der Waals surface area (Å²) in [4.78, 5) is 11.7. The molecule has 0 spiro atoms. The van der Waals surface area contributed by atoms with E-state index in [1.165, 1.54) is 18.2 Å². The summed E-state index contributed by atoms with van der Waals surface area (Å²) in [6.45, 7) is 2.49. The molecule has 0 unspecified atom stereocenters. The molecule has 1 aromatic rings. The van der Waals surface area contributed by atoms with Crippen LogP contribution < -0.4 is 4.72 Å². The lowest BCUT2D eigenvalue weighted by Crippen LogP contribution is -2.40. The largest absolute Gasteiger partial charge is 0.384 e. The zero-order chi connectivity index (χ0) is 23.3. The summed E-state index contributed by atoms with van der Waals surface area (Å²) in [6.07, 6.45) is 11.1. The van der Waals surface area contributed by atoms with Crippen LogP contribution in [0.3, 0.4) is 0 Å². The average molecular weight is 469 g/mol. The molecule has 7 nitrogen and oxygen atoms in total. The number of pyridine rings is 1. The van der Waals surface area contributed by atoms with Crippen LogP contribution in [0.1, 0.15) is 35.8 Å². The molecule has 2 atom stereocenters. The number of hydrogen-bond donors (Lipinski definition) is 1. The quantitative estimate of drug-likeness (QED) is 0.491. The minimum atomic E-state index is -4.66. The van der Waals surface area contributed by atoms with Crippen molar-refractivity contribution in [2.24, 2.45) is 5.16 Å². The van der Waals surface area contributed by atoms with E-state index < -0.39 is 33.8 Å². The number of hydrogen-bond acceptors (Lipinski definition) is 6. The Bertz CT molecular complexity index is 1080. The Balaban J connectivity index is 1.66. The smallest absolute Gasteiger partial charge is 0.350 e. The lowest BCUT2D eigenvalue weighted by atomic mass is 10.0. The molecule has 11 heteroatoms. The number of alkyl halides is 2. The minimum Gasteiger partial charge on any atom is -0.384 e. The van der Waals surface area contributed by atoms with E-state index in [1.54, 1.807) is 11.1 Å². The topological polar surface area (TPSA) is 83.9 Å². The molecule has 3 rings (SSSR count). The van der Waals surface area contributed by atoms with Crippen molar-refractivity contribution >= 4 is 15.9 Å². The standard InChI is InChI=1S/C21H23F3N4O3S/c1-3-4-5-6-16(22)10-15-9-14(2)12-25-20(15)18-11-19(26-31-18)28-8-7-17(13-28)27-32(29,30)21(23)24/h1,4-6,9,12,17-18,21,27H,7-8,10-11,13H2,2H3/b5-4-,16-6+/t17-,18-/m0/s1. The molecule has 1 N–H and O–H groups in total. The summed E-state index contributed by atoms with van der Waals surface area (Å²) in [7, 11) is -4.66. The highest BCUT2D eigenvalue weighted by atomic mass is 32.2. The molecule has 0 aromatic carbocycles. The van der Waals surface area contributed by atoms with Crippen LogP contribution in [0.5, 0.6) is 0 Å². The number of rotatable bonds is 7. The molecular formula is C21H23F3N4O3S. The fourth-order valence-corrected chi connectivity index (χ4v) is 4.35. The molecule has 32 heavy (non-hydrogen) atoms. The van der Waals surface area contributed by atoms with E-state index in [-0.39, 0.29) is 13.0 Å². The second-order valence-corrected chi connectivity index (χ2v) is 9.22. The van der Waals surface area contributed by atoms with Gasteiger partial charge in [-0.05, 0) is 36.6 Å². The molecule has 1 fully saturated rings. The van der Waals surface area contributed by atoms with E-state index in [0.717, 1.165) is 5.56 Å². The van der Waals surface area contributed by atoms with Gasteiger partial charge in [0.1, 0.15) is 11.7 Å². The summed E-state index contributed by atoms with van der Waals surface area (Å²) >= 11 is 0. The van der Waals surface area contributed by atoms with Crippen LogP contribution in [0.15, 0.2) is 41.5 Å². The predicted octanol–water partition coefficient (Wildman–Crippen LogP) is 2.97. The third kappa shape index (κ3) is 5.89. The molecule has 0 bridgehead atoms. The van der Waals surface area contributed by atoms with E-state index in [0.29, 0.717) is 36.5 Å². The molecule has 0 aliphatic carbocycles. The van der Waals surface area contributed by atoms with Crippen LogP contribution in [0.4, 0.5) is 13.2 Å². The first-order valence-corrected chi connectivity index (χ1v) is 11.4. The first kappa shape index (κ1) is 23.8. The Morgan fingerprint density at radius 3 is 3.00 bits per heavy atom. The Morgan fingerprint density at radius 2 is 2.28 bits per heavy atom. The second-order valence-electron chi connectivity index (χ2n) is 7.53. The maximum Gasteiger partial charge on any atom is 0.350 e. The Labute approximate surface area is 185 Å². The number of halogens is 3. The highest BCUT2D eigenvalue weighted by molar-refractivity contribution is 7.89. The molecule has 1 aromatic heterocycles. The van der Waals surface area contributed by atoms with E-state index in [4.69, 9.17) is 11.3 Å². The van der Waals surface area contributed by atoms with Gasteiger partial charge in [0.25, 0.3) is 10.0 Å². The van der Waals surface area contributed by atoms with Gasteiger partial charge in [-0.15, -0.1) is 6.42 Å². The van der Waals surface area contributed by atoms with Gasteiger partial charge in [0.2, 0.25) is 0 Å². The third-order valence-corrected chi connectivity index (χ3v) is 6.18. The van der Waals surface area contributed by atoms with E-state index >= 15 is 0 Å². The Morgan fingerprint density at radius 1 is 1.50 bits per heavy atom. The maximum atomic E-state index is 14.3. The fourth-order valence-electron chi connectivity index (χ4n) is 3.59. The van der Waals surface area contributed by atoms with Gasteiger partial charge in [0.05, 0.1) is 12.1 Å². The van der Waals surface area contributed by atoms with Gasteiger partial charge in [0.15, 0.2) is 6.10 Å². The monoisotopic (exact) mass is 468 g/mol. The number of aryl methyl sites for hydroxylation is 1. The third-order valence-electron chi connectivity index (χ3n) is 5.04. The van der Waals surface area contributed by atoms with Crippen molar-refractivity contribution in [2.75, 3.05) is 13.1 Å². The number of sulfonamides is 1. The summed E-state index contributed by atoms with van der Waals surface area (Å²) in [5.74, 6) is -1.02. The summed E-state index contributed by atoms with van der Waals surface area (Å²) < 4.78 is 64.3. The molecule has 0 radical (unpaired) electrons. The van der Waals surface area contributed by atoms with Crippen molar-refractivity contribution < 1.29 is 26.4 Å². The Hall–Kier alpha value is -2.84. The lowest BCUT2D eigenvalue weighted by molar-refractivity contribution is 0.0817. The number of likely N-dealkylation sites (tertiary alicyclic amines) is 1. The Kier molecular flexibility index (Phi) is 7.58. The van der Waals surface area contributed by atoms with Crippen molar-refractivity contribution in [3.8, 4) is 12.3 Å². The first-order chi connectivity index (χ1) is 15.2. The number of oxime groups is 1. The van der Waals surface area contributed by atoms with E-state index in [1.807, 2.05) is 17.7 Å². The first-order valence-electron chi connectivity index (χ1n) is 9.89. The van der Waals surface area contributed by atoms with E-state index in [9.17, 15) is 21.6 Å². The number of terminal acetylenes is 1. The highest BCUT2D eigenvalue weighted by Gasteiger charge is 2.36. The van der Waals surface area contributed by atoms with Crippen molar-refractivity contribution in [3.63, 3.8) is 0 Å². The molecular weight excluding hydrogens is 445 g/mol. The summed E-state index contributed by atoms with van der Waals surface area (Å²) in [5, 5.41) is 4.08. The van der Waals surface area contributed by atoms with Crippen LogP contribution in [0, 0.1) is 19.3 Å². The summed E-state index contributed by atoms with van der Waals surface area (Å²) in [5.41, 5.74) is 2.06. The van der Waals surface area contributed by atoms with Gasteiger partial charge in [-0.25, -0.2) is 17.5 Å². The summed E-state index contributed by atoms with van der Waals surface area (Å²) in [6, 6.07) is 1.19. The van der Waals surface area contributed by atoms with Crippen molar-refractivity contribution in [3.05, 3.63) is 53.1 Å². The molecule has 3 heterocycles. The van der Waals surface area contributed by atoms with Gasteiger partial charge < -0.3 is 9.74 Å². The molecule has 1 saturated heterocycles. The van der Waals surface area contributed by atoms with Crippen molar-refractivity contribution in [2.45, 2.75) is 44.1 Å². The van der Waals surface area contributed by atoms with Crippen LogP contribution in [-0.4, -0.2) is 49.0 Å². The lowest BCUT2D eigenvalue weighted by Gasteiger charge is -2.18. The molecule has 2 aliphatic rings. The SMILES string of the molecule is C#C/C=C\C=C(\F)Cc1cc(C)cnc1[C@@H]1CC(N2CC[C@H](NS(=O)(=O)C(F)F)C2)=NO1. The molecule has 2 aliphatic heterocycles. The number of nitrogens with one attached hydrogen (secondary N) is 1. The molecule has 172 valence electrons. The van der Waals surface area contributed by atoms with Gasteiger partial charge in [-0.3, -0.25) is 4.98 Å². The second kappa shape index (κ2) is 10.2. The highest BCUT2D eigenvalue weighted by Crippen LogP contribution is 2.32. The van der Waals surface area contributed by atoms with Crippen LogP contribution >= 0.6 is 0 Å². The maximum absolute atomic E-state index is 14.3. The number of allylic oxidation sites excluding steroid dienone is 4. The van der Waals surface area contributed by atoms with E-state index in [2.05, 4.69) is 16.1 Å². The average Bonchev–Trinajstić information content (AvgIpc) is 3.37. The zero-order valence-electron chi connectivity index (χ0n) is 17.3. The molecule has 0 saturated carbocycles. The van der Waals surface area contributed by atoms with Gasteiger partial charge in [-0.2, -0.15) is 8.78 Å². The van der Waals surface area contributed by atoms with Crippen molar-refractivity contribution in [1.82, 2.24) is 14.6 Å². The van der Waals surface area contributed by atoms with Crippen LogP contribution in [-0.2, 0) is 21.3 Å². The van der Waals surface area contributed by atoms with Crippen molar-refractivity contribution in [1.29, 1.82) is 0 Å².